The van der Waals surface area contributed by atoms with Gasteiger partial charge in [0.05, 0.1) is 16.9 Å². The number of aromatic nitrogens is 3. The van der Waals surface area contributed by atoms with Crippen LogP contribution in [0.4, 0.5) is 5.69 Å². The van der Waals surface area contributed by atoms with E-state index in [0.29, 0.717) is 0 Å². The Hall–Kier alpha value is -3.79. The molecule has 5 rings (SSSR count). The molecular weight excluding hydrogens is 356 g/mol. The number of hydrogen-bond acceptors (Lipinski definition) is 2. The summed E-state index contributed by atoms with van der Waals surface area (Å²) >= 11 is 0. The van der Waals surface area contributed by atoms with Gasteiger partial charge in [0.15, 0.2) is 0 Å². The predicted octanol–water partition coefficient (Wildman–Crippen LogP) is 6.11. The molecule has 0 atom stereocenters. The Kier molecular flexibility index (Phi) is 4.37. The van der Waals surface area contributed by atoms with Gasteiger partial charge in [-0.2, -0.15) is 5.10 Å². The minimum absolute atomic E-state index is 0.918. The number of nitrogens with one attached hydrogen (secondary N) is 2. The summed E-state index contributed by atoms with van der Waals surface area (Å²) in [4.78, 5) is 0. The van der Waals surface area contributed by atoms with Crippen LogP contribution in [0.25, 0.3) is 39.5 Å². The fourth-order valence-corrected chi connectivity index (χ4v) is 3.74. The molecule has 0 aliphatic rings. The summed E-state index contributed by atoms with van der Waals surface area (Å²) < 4.78 is 2.20. The summed E-state index contributed by atoms with van der Waals surface area (Å²) in [6, 6.07) is 23.1. The molecule has 2 N–H and O–H groups in total. The van der Waals surface area contributed by atoms with Gasteiger partial charge in [0, 0.05) is 35.4 Å². The van der Waals surface area contributed by atoms with E-state index in [1.807, 2.05) is 18.2 Å². The second-order valence-electron chi connectivity index (χ2n) is 7.09. The van der Waals surface area contributed by atoms with Gasteiger partial charge in [0.1, 0.15) is 0 Å². The second kappa shape index (κ2) is 7.32. The van der Waals surface area contributed by atoms with Crippen molar-refractivity contribution in [1.29, 1.82) is 0 Å². The first kappa shape index (κ1) is 17.3. The van der Waals surface area contributed by atoms with Crippen LogP contribution in [0, 0.1) is 0 Å². The lowest BCUT2D eigenvalue weighted by Crippen LogP contribution is -1.95. The van der Waals surface area contributed by atoms with E-state index >= 15 is 0 Å². The van der Waals surface area contributed by atoms with Crippen LogP contribution in [0.2, 0.25) is 0 Å². The number of aromatic amines is 1. The van der Waals surface area contributed by atoms with Gasteiger partial charge in [-0.1, -0.05) is 48.5 Å². The maximum Gasteiger partial charge on any atom is 0.0927 e. The van der Waals surface area contributed by atoms with Crippen molar-refractivity contribution in [2.24, 2.45) is 0 Å². The molecule has 0 aliphatic carbocycles. The number of anilines is 1. The number of nitrogens with zero attached hydrogens (tertiary/aromatic N) is 2. The third-order valence-corrected chi connectivity index (χ3v) is 5.16. The van der Waals surface area contributed by atoms with Crippen LogP contribution in [-0.4, -0.2) is 21.3 Å². The monoisotopic (exact) mass is 378 g/mol. The third kappa shape index (κ3) is 3.29. The first-order valence-electron chi connectivity index (χ1n) is 9.88. The summed E-state index contributed by atoms with van der Waals surface area (Å²) in [5.41, 5.74) is 5.44. The highest BCUT2D eigenvalue weighted by Crippen LogP contribution is 2.25. The van der Waals surface area contributed by atoms with E-state index in [4.69, 9.17) is 0 Å². The number of para-hydroxylation sites is 2. The maximum absolute atomic E-state index is 4.45. The van der Waals surface area contributed by atoms with E-state index in [1.165, 1.54) is 10.8 Å². The van der Waals surface area contributed by atoms with Gasteiger partial charge in [-0.25, -0.2) is 0 Å². The van der Waals surface area contributed by atoms with E-state index in [1.54, 1.807) is 0 Å². The van der Waals surface area contributed by atoms with Crippen molar-refractivity contribution in [1.82, 2.24) is 14.8 Å². The molecule has 0 saturated carbocycles. The van der Waals surface area contributed by atoms with E-state index in [0.717, 1.165) is 40.1 Å². The molecule has 0 radical (unpaired) electrons. The van der Waals surface area contributed by atoms with Gasteiger partial charge in [0.25, 0.3) is 0 Å². The number of H-pyrrole nitrogens is 1. The average Bonchev–Trinajstić information content (AvgIpc) is 3.36. The molecule has 142 valence electrons. The van der Waals surface area contributed by atoms with E-state index in [2.05, 4.69) is 100 Å². The van der Waals surface area contributed by atoms with Crippen molar-refractivity contribution >= 4 is 39.5 Å². The quantitative estimate of drug-likeness (QED) is 0.388. The van der Waals surface area contributed by atoms with Gasteiger partial charge in [-0.15, -0.1) is 0 Å². The SMILES string of the molecule is CCNc1ccc2cn(-c3ccccc3/C=C/c3n[nH]c4ccccc34)cc2c1. The molecular formula is C25H22N4. The normalized spacial score (nSPS) is 11.6. The molecule has 2 heterocycles. The fourth-order valence-electron chi connectivity index (χ4n) is 3.74. The molecule has 5 aromatic rings. The van der Waals surface area contributed by atoms with Crippen LogP contribution < -0.4 is 5.32 Å². The molecule has 0 amide bonds. The number of fused-ring (bicyclic) bond motifs is 2. The molecule has 0 bridgehead atoms. The highest BCUT2D eigenvalue weighted by molar-refractivity contribution is 5.90. The van der Waals surface area contributed by atoms with Gasteiger partial charge in [-0.3, -0.25) is 5.10 Å². The summed E-state index contributed by atoms with van der Waals surface area (Å²) in [7, 11) is 0. The lowest BCUT2D eigenvalue weighted by Gasteiger charge is -2.07. The highest BCUT2D eigenvalue weighted by atomic mass is 15.1. The Morgan fingerprint density at radius 3 is 2.69 bits per heavy atom. The largest absolute Gasteiger partial charge is 0.385 e. The minimum Gasteiger partial charge on any atom is -0.385 e. The Labute approximate surface area is 169 Å². The number of hydrogen-bond donors (Lipinski definition) is 2. The molecule has 4 heteroatoms. The lowest BCUT2D eigenvalue weighted by atomic mass is 10.1. The van der Waals surface area contributed by atoms with Crippen molar-refractivity contribution in [2.45, 2.75) is 6.92 Å². The van der Waals surface area contributed by atoms with Crippen LogP contribution in [0.1, 0.15) is 18.2 Å². The topological polar surface area (TPSA) is 45.6 Å². The highest BCUT2D eigenvalue weighted by Gasteiger charge is 2.06. The first-order valence-corrected chi connectivity index (χ1v) is 9.88. The zero-order valence-corrected chi connectivity index (χ0v) is 16.3. The lowest BCUT2D eigenvalue weighted by molar-refractivity contribution is 1.08. The van der Waals surface area contributed by atoms with Crippen molar-refractivity contribution in [3.8, 4) is 5.69 Å². The summed E-state index contributed by atoms with van der Waals surface area (Å²) in [6.07, 6.45) is 8.57. The summed E-state index contributed by atoms with van der Waals surface area (Å²) in [5, 5.41) is 14.5. The second-order valence-corrected chi connectivity index (χ2v) is 7.09. The Balaban J connectivity index is 1.53. The van der Waals surface area contributed by atoms with Crippen LogP contribution in [0.3, 0.4) is 0 Å². The molecule has 4 nitrogen and oxygen atoms in total. The van der Waals surface area contributed by atoms with Crippen LogP contribution in [0.5, 0.6) is 0 Å². The van der Waals surface area contributed by atoms with E-state index in [-0.39, 0.29) is 0 Å². The number of rotatable bonds is 5. The van der Waals surface area contributed by atoms with Gasteiger partial charge in [0.2, 0.25) is 0 Å². The zero-order chi connectivity index (χ0) is 19.6. The van der Waals surface area contributed by atoms with Crippen molar-refractivity contribution in [3.63, 3.8) is 0 Å². The zero-order valence-electron chi connectivity index (χ0n) is 16.3. The molecule has 2 aromatic heterocycles. The van der Waals surface area contributed by atoms with Crippen LogP contribution in [-0.2, 0) is 0 Å². The van der Waals surface area contributed by atoms with Crippen LogP contribution >= 0.6 is 0 Å². The van der Waals surface area contributed by atoms with Gasteiger partial charge in [-0.05, 0) is 48.2 Å². The molecule has 29 heavy (non-hydrogen) atoms. The molecule has 0 spiro atoms. The Morgan fingerprint density at radius 2 is 1.76 bits per heavy atom. The van der Waals surface area contributed by atoms with E-state index < -0.39 is 0 Å². The van der Waals surface area contributed by atoms with Gasteiger partial charge >= 0.3 is 0 Å². The Bertz CT molecular complexity index is 1320. The Morgan fingerprint density at radius 1 is 0.931 bits per heavy atom. The average molecular weight is 378 g/mol. The number of benzene rings is 3. The molecule has 0 saturated heterocycles. The third-order valence-electron chi connectivity index (χ3n) is 5.16. The standard InChI is InChI=1S/C25H22N4/c1-2-26-21-13-11-19-16-29(17-20(19)15-21)25-10-6-3-7-18(25)12-14-24-22-8-4-5-9-23(22)27-28-24/h3-17,26H,2H2,1H3,(H,27,28)/b14-12+. The summed E-state index contributed by atoms with van der Waals surface area (Å²) in [6.45, 7) is 3.03. The van der Waals surface area contributed by atoms with Gasteiger partial charge < -0.3 is 9.88 Å². The van der Waals surface area contributed by atoms with E-state index in [9.17, 15) is 0 Å². The van der Waals surface area contributed by atoms with Crippen molar-refractivity contribution < 1.29 is 0 Å². The molecule has 0 aliphatic heterocycles. The minimum atomic E-state index is 0.918. The first-order chi connectivity index (χ1) is 14.3. The molecule has 0 unspecified atom stereocenters. The fraction of sp³-hybridized carbons (Fsp3) is 0.0800. The molecule has 0 fully saturated rings. The molecule has 3 aromatic carbocycles. The summed E-state index contributed by atoms with van der Waals surface area (Å²) in [5.74, 6) is 0. The van der Waals surface area contributed by atoms with Crippen LogP contribution in [0.15, 0.2) is 79.1 Å². The van der Waals surface area contributed by atoms with Crippen molar-refractivity contribution in [2.75, 3.05) is 11.9 Å². The maximum atomic E-state index is 4.45. The predicted molar refractivity (Wildman–Crippen MR) is 122 cm³/mol. The smallest absolute Gasteiger partial charge is 0.0927 e. The van der Waals surface area contributed by atoms with Crippen molar-refractivity contribution in [3.05, 3.63) is 90.4 Å².